The van der Waals surface area contributed by atoms with Crippen LogP contribution in [0.25, 0.3) is 0 Å². The van der Waals surface area contributed by atoms with Crippen LogP contribution in [0.2, 0.25) is 0 Å². The molecule has 2 unspecified atom stereocenters. The van der Waals surface area contributed by atoms with Crippen molar-refractivity contribution in [3.05, 3.63) is 64.2 Å². The molecule has 2 rings (SSSR count). The average molecular weight is 521 g/mol. The molecule has 0 radical (unpaired) electrons. The van der Waals surface area contributed by atoms with Crippen molar-refractivity contribution in [2.45, 2.75) is 45.8 Å². The molecule has 0 fully saturated rings. The van der Waals surface area contributed by atoms with Crippen LogP contribution >= 0.6 is 0 Å². The summed E-state index contributed by atoms with van der Waals surface area (Å²) in [6, 6.07) is 10.9. The molecular formula is C24H32N4O7S. The van der Waals surface area contributed by atoms with Crippen molar-refractivity contribution in [2.75, 3.05) is 24.2 Å². The lowest BCUT2D eigenvalue weighted by Gasteiger charge is -2.32. The van der Waals surface area contributed by atoms with Gasteiger partial charge in [-0.2, -0.15) is 0 Å². The number of nitrogens with zero attached hydrogens (tertiary/aromatic N) is 3. The van der Waals surface area contributed by atoms with E-state index >= 15 is 0 Å². The van der Waals surface area contributed by atoms with E-state index in [0.717, 1.165) is 16.6 Å². The van der Waals surface area contributed by atoms with Gasteiger partial charge in [0, 0.05) is 24.7 Å². The van der Waals surface area contributed by atoms with Gasteiger partial charge < -0.3 is 15.0 Å². The number of rotatable bonds is 12. The molecule has 0 aromatic heterocycles. The number of nitro benzene ring substituents is 1. The Morgan fingerprint density at radius 2 is 1.81 bits per heavy atom. The quantitative estimate of drug-likeness (QED) is 0.335. The van der Waals surface area contributed by atoms with Crippen molar-refractivity contribution in [1.29, 1.82) is 0 Å². The second kappa shape index (κ2) is 12.3. The smallest absolute Gasteiger partial charge is 0.271 e. The van der Waals surface area contributed by atoms with Crippen LogP contribution in [-0.4, -0.2) is 62.0 Å². The highest BCUT2D eigenvalue weighted by Gasteiger charge is 2.31. The minimum Gasteiger partial charge on any atom is -0.497 e. The molecule has 2 amide bonds. The van der Waals surface area contributed by atoms with Gasteiger partial charge in [0.15, 0.2) is 0 Å². The molecule has 0 saturated heterocycles. The zero-order valence-electron chi connectivity index (χ0n) is 21.0. The van der Waals surface area contributed by atoms with Gasteiger partial charge in [-0.1, -0.05) is 25.1 Å². The fourth-order valence-electron chi connectivity index (χ4n) is 3.39. The Labute approximate surface area is 211 Å². The zero-order valence-corrected chi connectivity index (χ0v) is 21.8. The Hall–Kier alpha value is -3.67. The zero-order chi connectivity index (χ0) is 27.0. The number of benzene rings is 2. The second-order valence-electron chi connectivity index (χ2n) is 8.41. The Morgan fingerprint density at radius 1 is 1.14 bits per heavy atom. The lowest BCUT2D eigenvalue weighted by molar-refractivity contribution is -0.384. The first-order valence-corrected chi connectivity index (χ1v) is 13.2. The maximum absolute atomic E-state index is 13.5. The molecule has 2 aromatic carbocycles. The molecule has 2 aromatic rings. The molecule has 0 aliphatic rings. The average Bonchev–Trinajstić information content (AvgIpc) is 2.84. The first kappa shape index (κ1) is 28.6. The number of nitro groups is 1. The number of anilines is 1. The summed E-state index contributed by atoms with van der Waals surface area (Å²) in [5.74, 6) is -0.477. The van der Waals surface area contributed by atoms with Gasteiger partial charge in [0.2, 0.25) is 21.8 Å². The molecule has 1 N–H and O–H groups in total. The van der Waals surface area contributed by atoms with Gasteiger partial charge >= 0.3 is 0 Å². The summed E-state index contributed by atoms with van der Waals surface area (Å²) < 4.78 is 31.2. The van der Waals surface area contributed by atoms with Crippen LogP contribution in [0.3, 0.4) is 0 Å². The van der Waals surface area contributed by atoms with Gasteiger partial charge in [-0.3, -0.25) is 24.0 Å². The summed E-state index contributed by atoms with van der Waals surface area (Å²) in [7, 11) is -2.49. The Bertz CT molecular complexity index is 1200. The van der Waals surface area contributed by atoms with Crippen LogP contribution in [0, 0.1) is 10.1 Å². The van der Waals surface area contributed by atoms with Crippen LogP contribution in [0.1, 0.15) is 32.8 Å². The summed E-state index contributed by atoms with van der Waals surface area (Å²) in [4.78, 5) is 38.3. The van der Waals surface area contributed by atoms with Crippen LogP contribution in [0.5, 0.6) is 5.75 Å². The molecule has 0 aliphatic carbocycles. The standard InChI is InChI=1S/C24H32N4O7S/c1-6-17(2)25-24(30)18(3)26(15-19-9-7-12-22(13-19)35-4)23(29)16-27(36(5,33)34)20-10-8-11-21(14-20)28(31)32/h7-14,17-18H,6,15-16H2,1-5H3,(H,25,30). The molecule has 0 bridgehead atoms. The molecular weight excluding hydrogens is 488 g/mol. The number of carbonyl (C=O) groups excluding carboxylic acids is 2. The van der Waals surface area contributed by atoms with E-state index in [1.165, 1.54) is 30.2 Å². The molecule has 12 heteroatoms. The first-order chi connectivity index (χ1) is 16.9. The molecule has 0 saturated carbocycles. The Balaban J connectivity index is 2.44. The molecule has 0 aliphatic heterocycles. The summed E-state index contributed by atoms with van der Waals surface area (Å²) in [5.41, 5.74) is 0.327. The van der Waals surface area contributed by atoms with Crippen LogP contribution in [-0.2, 0) is 26.2 Å². The lowest BCUT2D eigenvalue weighted by atomic mass is 10.1. The predicted octanol–water partition coefficient (Wildman–Crippen LogP) is 2.70. The van der Waals surface area contributed by atoms with Gasteiger partial charge in [-0.25, -0.2) is 8.42 Å². The first-order valence-electron chi connectivity index (χ1n) is 11.3. The van der Waals surface area contributed by atoms with Crippen LogP contribution in [0.4, 0.5) is 11.4 Å². The van der Waals surface area contributed by atoms with Crippen LogP contribution < -0.4 is 14.4 Å². The monoisotopic (exact) mass is 520 g/mol. The molecule has 0 spiro atoms. The highest BCUT2D eigenvalue weighted by atomic mass is 32.2. The van der Waals surface area contributed by atoms with E-state index in [1.54, 1.807) is 31.2 Å². The molecule has 0 heterocycles. The fraction of sp³-hybridized carbons (Fsp3) is 0.417. The van der Waals surface area contributed by atoms with Gasteiger partial charge in [-0.05, 0) is 44.0 Å². The van der Waals surface area contributed by atoms with Crippen molar-refractivity contribution >= 4 is 33.2 Å². The number of non-ortho nitro benzene ring substituents is 1. The summed E-state index contributed by atoms with van der Waals surface area (Å²) in [6.45, 7) is 4.68. The maximum atomic E-state index is 13.5. The number of ether oxygens (including phenoxy) is 1. The number of nitrogens with one attached hydrogen (secondary N) is 1. The van der Waals surface area contributed by atoms with Gasteiger partial charge in [0.1, 0.15) is 18.3 Å². The van der Waals surface area contributed by atoms with Crippen molar-refractivity contribution in [1.82, 2.24) is 10.2 Å². The van der Waals surface area contributed by atoms with Crippen LogP contribution in [0.15, 0.2) is 48.5 Å². The summed E-state index contributed by atoms with van der Waals surface area (Å²) in [5, 5.41) is 14.0. The fourth-order valence-corrected chi connectivity index (χ4v) is 4.23. The minimum atomic E-state index is -4.00. The van der Waals surface area contributed by atoms with Gasteiger partial charge in [0.05, 0.1) is 24.0 Å². The molecule has 2 atom stereocenters. The van der Waals surface area contributed by atoms with E-state index in [2.05, 4.69) is 5.32 Å². The van der Waals surface area contributed by atoms with E-state index in [4.69, 9.17) is 4.74 Å². The number of carbonyl (C=O) groups is 2. The minimum absolute atomic E-state index is 0.0116. The van der Waals surface area contributed by atoms with Gasteiger partial charge in [-0.15, -0.1) is 0 Å². The molecule has 196 valence electrons. The van der Waals surface area contributed by atoms with E-state index in [1.807, 2.05) is 13.8 Å². The molecule has 11 nitrogen and oxygen atoms in total. The Kier molecular flexibility index (Phi) is 9.79. The molecule has 36 heavy (non-hydrogen) atoms. The normalized spacial score (nSPS) is 12.8. The van der Waals surface area contributed by atoms with Gasteiger partial charge in [0.25, 0.3) is 5.69 Å². The van der Waals surface area contributed by atoms with E-state index in [-0.39, 0.29) is 29.9 Å². The highest BCUT2D eigenvalue weighted by molar-refractivity contribution is 7.92. The Morgan fingerprint density at radius 3 is 2.39 bits per heavy atom. The van der Waals surface area contributed by atoms with Crippen molar-refractivity contribution in [3.8, 4) is 5.75 Å². The van der Waals surface area contributed by atoms with E-state index in [9.17, 15) is 28.1 Å². The third-order valence-corrected chi connectivity index (χ3v) is 6.80. The van der Waals surface area contributed by atoms with Crippen molar-refractivity contribution in [3.63, 3.8) is 0 Å². The SMILES string of the molecule is CCC(C)NC(=O)C(C)N(Cc1cccc(OC)c1)C(=O)CN(c1cccc([N+](=O)[O-])c1)S(C)(=O)=O. The third kappa shape index (κ3) is 7.67. The number of amides is 2. The van der Waals surface area contributed by atoms with E-state index in [0.29, 0.717) is 17.7 Å². The third-order valence-electron chi connectivity index (χ3n) is 5.66. The number of hydrogen-bond acceptors (Lipinski definition) is 7. The van der Waals surface area contributed by atoms with Crippen molar-refractivity contribution in [2.24, 2.45) is 0 Å². The second-order valence-corrected chi connectivity index (χ2v) is 10.3. The summed E-state index contributed by atoms with van der Waals surface area (Å²) >= 11 is 0. The maximum Gasteiger partial charge on any atom is 0.271 e. The van der Waals surface area contributed by atoms with Crippen molar-refractivity contribution < 1.29 is 27.7 Å². The lowest BCUT2D eigenvalue weighted by Crippen LogP contribution is -2.52. The number of methoxy groups -OCH3 is 1. The largest absolute Gasteiger partial charge is 0.497 e. The highest BCUT2D eigenvalue weighted by Crippen LogP contribution is 2.24. The predicted molar refractivity (Wildman–Crippen MR) is 136 cm³/mol. The van der Waals surface area contributed by atoms with E-state index < -0.39 is 33.4 Å². The summed E-state index contributed by atoms with van der Waals surface area (Å²) in [6.07, 6.45) is 1.60. The topological polar surface area (TPSA) is 139 Å². The number of sulfonamides is 1. The number of hydrogen-bond donors (Lipinski definition) is 1.